The maximum atomic E-state index is 6.57. The number of nitrogens with one attached hydrogen (secondary N) is 2. The molecule has 0 bridgehead atoms. The summed E-state index contributed by atoms with van der Waals surface area (Å²) < 4.78 is 6.57. The average molecular weight is 503 g/mol. The third-order valence-electron chi connectivity index (χ3n) is 7.45. The van der Waals surface area contributed by atoms with Crippen LogP contribution >= 0.6 is 0 Å². The lowest BCUT2D eigenvalue weighted by atomic mass is 9.79. The highest BCUT2D eigenvalue weighted by Crippen LogP contribution is 2.34. The van der Waals surface area contributed by atoms with Crippen molar-refractivity contribution in [3.8, 4) is 6.01 Å². The first-order valence-electron chi connectivity index (χ1n) is 14.4. The summed E-state index contributed by atoms with van der Waals surface area (Å²) >= 11 is 0. The predicted octanol–water partition coefficient (Wildman–Crippen LogP) is 5.82. The fourth-order valence-electron chi connectivity index (χ4n) is 6.74. The van der Waals surface area contributed by atoms with Gasteiger partial charge < -0.3 is 20.3 Å². The van der Waals surface area contributed by atoms with E-state index in [0.717, 1.165) is 76.1 Å². The van der Waals surface area contributed by atoms with Gasteiger partial charge in [-0.2, -0.15) is 15.0 Å². The molecule has 0 saturated carbocycles. The molecule has 0 spiro atoms. The summed E-state index contributed by atoms with van der Waals surface area (Å²) in [6, 6.07) is 0.868. The van der Waals surface area contributed by atoms with Crippen LogP contribution in [0.1, 0.15) is 126 Å². The summed E-state index contributed by atoms with van der Waals surface area (Å²) in [5.41, 5.74) is 0.126. The Labute approximate surface area is 221 Å². The Kier molecular flexibility index (Phi) is 8.97. The lowest BCUT2D eigenvalue weighted by molar-refractivity contribution is 0.0495. The Morgan fingerprint density at radius 3 is 1.81 bits per heavy atom. The van der Waals surface area contributed by atoms with Gasteiger partial charge in [0.2, 0.25) is 5.95 Å². The number of aromatic nitrogens is 3. The van der Waals surface area contributed by atoms with Gasteiger partial charge >= 0.3 is 6.01 Å². The molecule has 3 rings (SSSR count). The first kappa shape index (κ1) is 29.1. The van der Waals surface area contributed by atoms with Gasteiger partial charge in [0.1, 0.15) is 11.9 Å². The average Bonchev–Trinajstić information content (AvgIpc) is 2.67. The van der Waals surface area contributed by atoms with E-state index in [9.17, 15) is 0 Å². The summed E-state index contributed by atoms with van der Waals surface area (Å²) in [6.07, 6.45) is 9.35. The SMILES string of the molecule is CCCCc1nc(OC2CC(C)(C)NC(C)(C)C2)nc(N(CCCC)C2CC(C)(C)NC(C)(C)C2)n1. The van der Waals surface area contributed by atoms with E-state index < -0.39 is 0 Å². The zero-order valence-electron chi connectivity index (χ0n) is 24.9. The number of anilines is 1. The highest BCUT2D eigenvalue weighted by molar-refractivity contribution is 5.34. The lowest BCUT2D eigenvalue weighted by Gasteiger charge is -2.49. The standard InChI is InChI=1S/C29H54N6O/c1-11-13-15-23-30-24(32-25(31-23)36-22-19-28(7,8)34-29(9,10)20-22)35(16-14-12-2)21-17-26(3,4)33-27(5,6)18-21/h21-22,33-34H,11-20H2,1-10H3. The van der Waals surface area contributed by atoms with Crippen molar-refractivity contribution in [2.45, 2.75) is 161 Å². The summed E-state index contributed by atoms with van der Waals surface area (Å²) in [7, 11) is 0. The minimum absolute atomic E-state index is 0.00669. The largest absolute Gasteiger partial charge is 0.460 e. The van der Waals surface area contributed by atoms with Gasteiger partial charge in [0.05, 0.1) is 0 Å². The molecule has 0 atom stereocenters. The van der Waals surface area contributed by atoms with Crippen molar-refractivity contribution in [2.75, 3.05) is 11.4 Å². The van der Waals surface area contributed by atoms with Gasteiger partial charge in [-0.25, -0.2) is 0 Å². The monoisotopic (exact) mass is 502 g/mol. The molecule has 1 aromatic rings. The number of ether oxygens (including phenoxy) is 1. The third-order valence-corrected chi connectivity index (χ3v) is 7.45. The van der Waals surface area contributed by atoms with Crippen molar-refractivity contribution in [2.24, 2.45) is 0 Å². The first-order valence-corrected chi connectivity index (χ1v) is 14.4. The molecular formula is C29H54N6O. The Bertz CT molecular complexity index is 833. The second-order valence-electron chi connectivity index (χ2n) is 14.0. The van der Waals surface area contributed by atoms with Crippen molar-refractivity contribution in [3.63, 3.8) is 0 Å². The fourth-order valence-corrected chi connectivity index (χ4v) is 6.74. The van der Waals surface area contributed by atoms with E-state index in [1.165, 1.54) is 0 Å². The molecule has 7 nitrogen and oxygen atoms in total. The molecule has 0 aliphatic carbocycles. The smallest absolute Gasteiger partial charge is 0.321 e. The van der Waals surface area contributed by atoms with Crippen LogP contribution in [-0.4, -0.2) is 55.8 Å². The van der Waals surface area contributed by atoms with Gasteiger partial charge in [-0.1, -0.05) is 26.7 Å². The quantitative estimate of drug-likeness (QED) is 0.418. The number of piperidine rings is 2. The molecule has 2 aliphatic rings. The molecule has 3 heterocycles. The number of unbranched alkanes of at least 4 members (excludes halogenated alkanes) is 2. The van der Waals surface area contributed by atoms with Crippen LogP contribution < -0.4 is 20.3 Å². The van der Waals surface area contributed by atoms with E-state index in [1.54, 1.807) is 0 Å². The number of nitrogens with zero attached hydrogens (tertiary/aromatic N) is 4. The molecule has 2 saturated heterocycles. The van der Waals surface area contributed by atoms with E-state index in [4.69, 9.17) is 19.7 Å². The normalized spacial score (nSPS) is 23.4. The van der Waals surface area contributed by atoms with Crippen molar-refractivity contribution in [3.05, 3.63) is 5.82 Å². The molecule has 0 unspecified atom stereocenters. The second kappa shape index (κ2) is 11.1. The molecule has 1 aromatic heterocycles. The van der Waals surface area contributed by atoms with E-state index in [1.807, 2.05) is 0 Å². The molecule has 2 N–H and O–H groups in total. The molecule has 0 radical (unpaired) electrons. The molecule has 2 fully saturated rings. The summed E-state index contributed by atoms with van der Waals surface area (Å²) in [6.45, 7) is 23.7. The van der Waals surface area contributed by atoms with E-state index in [0.29, 0.717) is 12.1 Å². The van der Waals surface area contributed by atoms with Crippen molar-refractivity contribution < 1.29 is 4.74 Å². The van der Waals surface area contributed by atoms with Gasteiger partial charge in [-0.3, -0.25) is 0 Å². The van der Waals surface area contributed by atoms with Crippen LogP contribution in [0.15, 0.2) is 0 Å². The van der Waals surface area contributed by atoms with Gasteiger partial charge in [-0.05, 0) is 81.1 Å². The van der Waals surface area contributed by atoms with E-state index >= 15 is 0 Å². The van der Waals surface area contributed by atoms with Gasteiger partial charge in [-0.15, -0.1) is 0 Å². The highest BCUT2D eigenvalue weighted by Gasteiger charge is 2.41. The molecule has 0 amide bonds. The molecular weight excluding hydrogens is 448 g/mol. The van der Waals surface area contributed by atoms with Crippen molar-refractivity contribution in [1.82, 2.24) is 25.6 Å². The summed E-state index contributed by atoms with van der Waals surface area (Å²) in [5.74, 6) is 1.66. The predicted molar refractivity (Wildman–Crippen MR) is 150 cm³/mol. The molecule has 206 valence electrons. The van der Waals surface area contributed by atoms with Crippen LogP contribution in [0.25, 0.3) is 0 Å². The number of rotatable bonds is 10. The zero-order valence-corrected chi connectivity index (χ0v) is 24.9. The summed E-state index contributed by atoms with van der Waals surface area (Å²) in [4.78, 5) is 17.3. The fraction of sp³-hybridized carbons (Fsp3) is 0.897. The highest BCUT2D eigenvalue weighted by atomic mass is 16.5. The van der Waals surface area contributed by atoms with Crippen molar-refractivity contribution in [1.29, 1.82) is 0 Å². The van der Waals surface area contributed by atoms with Crippen LogP contribution in [0.3, 0.4) is 0 Å². The van der Waals surface area contributed by atoms with Crippen LogP contribution in [0.5, 0.6) is 6.01 Å². The topological polar surface area (TPSA) is 75.2 Å². The van der Waals surface area contributed by atoms with Crippen LogP contribution in [0.4, 0.5) is 5.95 Å². The molecule has 36 heavy (non-hydrogen) atoms. The Morgan fingerprint density at radius 2 is 1.28 bits per heavy atom. The summed E-state index contributed by atoms with van der Waals surface area (Å²) in [5, 5.41) is 7.58. The van der Waals surface area contributed by atoms with Crippen LogP contribution in [-0.2, 0) is 6.42 Å². The lowest BCUT2D eigenvalue weighted by Crippen LogP contribution is -2.62. The maximum absolute atomic E-state index is 6.57. The number of hydrogen-bond donors (Lipinski definition) is 2. The molecule has 7 heteroatoms. The molecule has 2 aliphatic heterocycles. The van der Waals surface area contributed by atoms with Crippen LogP contribution in [0.2, 0.25) is 0 Å². The second-order valence-corrected chi connectivity index (χ2v) is 14.0. The third kappa shape index (κ3) is 8.27. The van der Waals surface area contributed by atoms with Gasteiger partial charge in [0.15, 0.2) is 0 Å². The minimum Gasteiger partial charge on any atom is -0.460 e. The van der Waals surface area contributed by atoms with Crippen LogP contribution in [0, 0.1) is 0 Å². The Morgan fingerprint density at radius 1 is 0.750 bits per heavy atom. The van der Waals surface area contributed by atoms with E-state index in [2.05, 4.69) is 84.8 Å². The number of aryl methyl sites for hydroxylation is 1. The number of hydrogen-bond acceptors (Lipinski definition) is 7. The van der Waals surface area contributed by atoms with E-state index in [-0.39, 0.29) is 28.3 Å². The first-order chi connectivity index (χ1) is 16.6. The minimum atomic E-state index is 0.00669. The van der Waals surface area contributed by atoms with Gasteiger partial charge in [0.25, 0.3) is 0 Å². The Hall–Kier alpha value is -1.47. The van der Waals surface area contributed by atoms with Gasteiger partial charge in [0, 0.05) is 54.0 Å². The molecule has 0 aromatic carbocycles. The zero-order chi connectivity index (χ0) is 26.8. The Balaban J connectivity index is 1.95. The van der Waals surface area contributed by atoms with Crippen molar-refractivity contribution >= 4 is 5.95 Å². The maximum Gasteiger partial charge on any atom is 0.321 e.